The molecule has 0 unspecified atom stereocenters. The highest BCUT2D eigenvalue weighted by Crippen LogP contribution is 2.26. The van der Waals surface area contributed by atoms with Crippen LogP contribution < -0.4 is 15.4 Å². The van der Waals surface area contributed by atoms with E-state index in [9.17, 15) is 9.18 Å². The average molecular weight is 385 g/mol. The largest absolute Gasteiger partial charge is 0.482 e. The Labute approximate surface area is 161 Å². The Bertz CT molecular complexity index is 902. The van der Waals surface area contributed by atoms with Crippen molar-refractivity contribution < 1.29 is 13.9 Å². The molecule has 0 radical (unpaired) electrons. The molecule has 0 fully saturated rings. The second-order valence-electron chi connectivity index (χ2n) is 5.83. The Morgan fingerprint density at radius 2 is 1.70 bits per heavy atom. The minimum absolute atomic E-state index is 0.196. The van der Waals surface area contributed by atoms with Crippen molar-refractivity contribution in [1.29, 1.82) is 0 Å². The first kappa shape index (κ1) is 18.7. The van der Waals surface area contributed by atoms with Crippen molar-refractivity contribution in [3.8, 4) is 5.75 Å². The molecule has 2 N–H and O–H groups in total. The van der Waals surface area contributed by atoms with Gasteiger partial charge in [0, 0.05) is 17.9 Å². The van der Waals surface area contributed by atoms with Gasteiger partial charge in [0.1, 0.15) is 11.6 Å². The van der Waals surface area contributed by atoms with Gasteiger partial charge in [0.2, 0.25) is 0 Å². The van der Waals surface area contributed by atoms with Gasteiger partial charge in [-0.05, 0) is 54.1 Å². The summed E-state index contributed by atoms with van der Waals surface area (Å²) in [5, 5.41) is 6.35. The van der Waals surface area contributed by atoms with Crippen LogP contribution in [-0.4, -0.2) is 12.5 Å². The van der Waals surface area contributed by atoms with Crippen LogP contribution in [0.2, 0.25) is 5.02 Å². The number of hydrogen-bond acceptors (Lipinski definition) is 3. The topological polar surface area (TPSA) is 50.4 Å². The van der Waals surface area contributed by atoms with Crippen molar-refractivity contribution >= 4 is 28.9 Å². The van der Waals surface area contributed by atoms with Gasteiger partial charge in [0.05, 0.1) is 5.02 Å². The Hall–Kier alpha value is -3.05. The number of rotatable bonds is 7. The van der Waals surface area contributed by atoms with Gasteiger partial charge in [-0.1, -0.05) is 35.9 Å². The zero-order valence-electron chi connectivity index (χ0n) is 14.4. The fraction of sp³-hybridized carbons (Fsp3) is 0.0952. The van der Waals surface area contributed by atoms with Crippen LogP contribution in [0.4, 0.5) is 15.8 Å². The van der Waals surface area contributed by atoms with Crippen molar-refractivity contribution in [2.75, 3.05) is 17.2 Å². The molecule has 0 atom stereocenters. The highest BCUT2D eigenvalue weighted by atomic mass is 35.5. The summed E-state index contributed by atoms with van der Waals surface area (Å²) >= 11 is 6.25. The molecule has 0 saturated carbocycles. The molecule has 0 aliphatic rings. The normalized spacial score (nSPS) is 10.3. The summed E-state index contributed by atoms with van der Waals surface area (Å²) < 4.78 is 18.3. The van der Waals surface area contributed by atoms with Crippen LogP contribution in [0.3, 0.4) is 0 Å². The Kier molecular flexibility index (Phi) is 6.28. The number of ether oxygens (including phenoxy) is 1. The predicted molar refractivity (Wildman–Crippen MR) is 106 cm³/mol. The van der Waals surface area contributed by atoms with E-state index in [-0.39, 0.29) is 18.3 Å². The number of halogens is 2. The summed E-state index contributed by atoms with van der Waals surface area (Å²) in [5.41, 5.74) is 2.51. The van der Waals surface area contributed by atoms with Gasteiger partial charge in [0.25, 0.3) is 5.91 Å². The number of nitrogens with one attached hydrogen (secondary N) is 2. The van der Waals surface area contributed by atoms with E-state index >= 15 is 0 Å². The summed E-state index contributed by atoms with van der Waals surface area (Å²) in [4.78, 5) is 11.9. The maximum Gasteiger partial charge on any atom is 0.262 e. The lowest BCUT2D eigenvalue weighted by molar-refractivity contribution is -0.118. The molecule has 0 heterocycles. The minimum Gasteiger partial charge on any atom is -0.482 e. The SMILES string of the molecule is O=C(COc1ccc(CNc2ccccc2)cc1Cl)Nc1ccc(F)cc1. The lowest BCUT2D eigenvalue weighted by Crippen LogP contribution is -2.20. The van der Waals surface area contributed by atoms with Crippen LogP contribution in [0.5, 0.6) is 5.75 Å². The monoisotopic (exact) mass is 384 g/mol. The van der Waals surface area contributed by atoms with Gasteiger partial charge in [-0.15, -0.1) is 0 Å². The van der Waals surface area contributed by atoms with Crippen LogP contribution >= 0.6 is 11.6 Å². The highest BCUT2D eigenvalue weighted by Gasteiger charge is 2.08. The predicted octanol–water partition coefficient (Wildman–Crippen LogP) is 5.11. The zero-order valence-corrected chi connectivity index (χ0v) is 15.2. The maximum atomic E-state index is 12.9. The van der Waals surface area contributed by atoms with E-state index in [0.29, 0.717) is 23.0 Å². The van der Waals surface area contributed by atoms with Crippen molar-refractivity contribution in [2.24, 2.45) is 0 Å². The summed E-state index contributed by atoms with van der Waals surface area (Å²) in [6.07, 6.45) is 0. The molecule has 0 aliphatic heterocycles. The summed E-state index contributed by atoms with van der Waals surface area (Å²) in [6.45, 7) is 0.424. The lowest BCUT2D eigenvalue weighted by Gasteiger charge is -2.11. The number of anilines is 2. The molecule has 0 aliphatic carbocycles. The van der Waals surface area contributed by atoms with Gasteiger partial charge in [-0.3, -0.25) is 4.79 Å². The van der Waals surface area contributed by atoms with Crippen molar-refractivity contribution in [1.82, 2.24) is 0 Å². The number of carbonyl (C=O) groups excluding carboxylic acids is 1. The van der Waals surface area contributed by atoms with Crippen LogP contribution in [0.15, 0.2) is 72.8 Å². The van der Waals surface area contributed by atoms with Crippen LogP contribution in [0.25, 0.3) is 0 Å². The molecule has 3 aromatic carbocycles. The molecule has 138 valence electrons. The van der Waals surface area contributed by atoms with Gasteiger partial charge in [-0.2, -0.15) is 0 Å². The highest BCUT2D eigenvalue weighted by molar-refractivity contribution is 6.32. The summed E-state index contributed by atoms with van der Waals surface area (Å²) in [6, 6.07) is 20.8. The lowest BCUT2D eigenvalue weighted by atomic mass is 10.2. The Morgan fingerprint density at radius 3 is 2.41 bits per heavy atom. The Balaban J connectivity index is 1.51. The van der Waals surface area contributed by atoms with Crippen LogP contribution in [0.1, 0.15) is 5.56 Å². The van der Waals surface area contributed by atoms with E-state index in [4.69, 9.17) is 16.3 Å². The third-order valence-electron chi connectivity index (χ3n) is 3.75. The maximum absolute atomic E-state index is 12.9. The van der Waals surface area contributed by atoms with Gasteiger partial charge in [0.15, 0.2) is 6.61 Å². The minimum atomic E-state index is -0.363. The molecule has 0 bridgehead atoms. The molecule has 6 heteroatoms. The quantitative estimate of drug-likeness (QED) is 0.595. The smallest absolute Gasteiger partial charge is 0.262 e. The second-order valence-corrected chi connectivity index (χ2v) is 6.24. The fourth-order valence-corrected chi connectivity index (χ4v) is 2.66. The molecular weight excluding hydrogens is 367 g/mol. The van der Waals surface area contributed by atoms with E-state index in [1.165, 1.54) is 24.3 Å². The summed E-state index contributed by atoms with van der Waals surface area (Å²) in [7, 11) is 0. The Morgan fingerprint density at radius 1 is 0.963 bits per heavy atom. The van der Waals surface area contributed by atoms with E-state index in [0.717, 1.165) is 11.3 Å². The first-order chi connectivity index (χ1) is 13.1. The fourth-order valence-electron chi connectivity index (χ4n) is 2.41. The number of carbonyl (C=O) groups is 1. The zero-order chi connectivity index (χ0) is 19.1. The first-order valence-electron chi connectivity index (χ1n) is 8.36. The molecule has 0 aromatic heterocycles. The van der Waals surface area contributed by atoms with E-state index in [1.54, 1.807) is 12.1 Å². The van der Waals surface area contributed by atoms with Gasteiger partial charge < -0.3 is 15.4 Å². The number of benzene rings is 3. The third-order valence-corrected chi connectivity index (χ3v) is 4.05. The molecule has 0 spiro atoms. The molecular formula is C21H18ClFN2O2. The third kappa shape index (κ3) is 5.72. The van der Waals surface area contributed by atoms with Gasteiger partial charge in [-0.25, -0.2) is 4.39 Å². The van der Waals surface area contributed by atoms with Crippen molar-refractivity contribution in [3.63, 3.8) is 0 Å². The molecule has 0 saturated heterocycles. The van der Waals surface area contributed by atoms with E-state index < -0.39 is 0 Å². The average Bonchev–Trinajstić information content (AvgIpc) is 2.68. The summed E-state index contributed by atoms with van der Waals surface area (Å²) in [5.74, 6) is -0.292. The molecule has 4 nitrogen and oxygen atoms in total. The van der Waals surface area contributed by atoms with Crippen LogP contribution in [-0.2, 0) is 11.3 Å². The molecule has 3 rings (SSSR count). The van der Waals surface area contributed by atoms with Crippen molar-refractivity contribution in [3.05, 3.63) is 89.2 Å². The number of para-hydroxylation sites is 1. The number of hydrogen-bond donors (Lipinski definition) is 2. The van der Waals surface area contributed by atoms with Crippen LogP contribution in [0, 0.1) is 5.82 Å². The molecule has 27 heavy (non-hydrogen) atoms. The van der Waals surface area contributed by atoms with E-state index in [2.05, 4.69) is 10.6 Å². The molecule has 3 aromatic rings. The molecule has 1 amide bonds. The standard InChI is InChI=1S/C21H18ClFN2O2/c22-19-12-15(13-24-17-4-2-1-3-5-17)6-11-20(19)27-14-21(26)25-18-9-7-16(23)8-10-18/h1-12,24H,13-14H2,(H,25,26). The van der Waals surface area contributed by atoms with Gasteiger partial charge >= 0.3 is 0 Å². The van der Waals surface area contributed by atoms with Crippen molar-refractivity contribution in [2.45, 2.75) is 6.54 Å². The first-order valence-corrected chi connectivity index (χ1v) is 8.73. The number of amides is 1. The van der Waals surface area contributed by atoms with E-state index in [1.807, 2.05) is 36.4 Å². The second kappa shape index (κ2) is 9.05.